The van der Waals surface area contributed by atoms with E-state index in [-0.39, 0.29) is 19.5 Å². The monoisotopic (exact) mass is 512 g/mol. The fourth-order valence-corrected chi connectivity index (χ4v) is 4.08. The van der Waals surface area contributed by atoms with E-state index in [9.17, 15) is 28.1 Å². The number of imide groups is 1. The zero-order valence-corrected chi connectivity index (χ0v) is 21.9. The summed E-state index contributed by atoms with van der Waals surface area (Å²) in [4.78, 5) is 39.5. The van der Waals surface area contributed by atoms with Crippen LogP contribution in [0.1, 0.15) is 48.0 Å². The lowest BCUT2D eigenvalue weighted by Gasteiger charge is -2.35. The van der Waals surface area contributed by atoms with Crippen LogP contribution in [0.2, 0.25) is 0 Å². The van der Waals surface area contributed by atoms with Crippen LogP contribution in [0.25, 0.3) is 0 Å². The van der Waals surface area contributed by atoms with Crippen LogP contribution in [0, 0.1) is 22.0 Å². The number of nitrogens with zero attached hydrogens (tertiary/aromatic N) is 4. The summed E-state index contributed by atoms with van der Waals surface area (Å²) in [6.45, 7) is 10.6. The minimum absolute atomic E-state index is 0.0934. The van der Waals surface area contributed by atoms with E-state index < -0.39 is 49.7 Å². The van der Waals surface area contributed by atoms with Crippen LogP contribution in [0.4, 0.5) is 9.59 Å². The molecule has 2 aliphatic rings. The van der Waals surface area contributed by atoms with Gasteiger partial charge in [-0.3, -0.25) is 10.1 Å². The molecule has 0 atom stereocenters. The number of rotatable bonds is 4. The van der Waals surface area contributed by atoms with Gasteiger partial charge in [-0.1, -0.05) is 5.92 Å². The van der Waals surface area contributed by atoms with E-state index >= 15 is 0 Å². The molecule has 0 aromatic heterocycles. The van der Waals surface area contributed by atoms with Crippen molar-refractivity contribution in [3.63, 3.8) is 0 Å². The van der Waals surface area contributed by atoms with Crippen molar-refractivity contribution in [3.05, 3.63) is 33.3 Å². The Morgan fingerprint density at radius 3 is 1.91 bits per heavy atom. The molecule has 0 N–H and O–H groups in total. The second kappa shape index (κ2) is 10.2. The van der Waals surface area contributed by atoms with Gasteiger partial charge in [0.05, 0.1) is 11.2 Å². The summed E-state index contributed by atoms with van der Waals surface area (Å²) < 4.78 is 35.5. The van der Waals surface area contributed by atoms with Crippen molar-refractivity contribution in [3.8, 4) is 11.8 Å². The van der Waals surface area contributed by atoms with Crippen molar-refractivity contribution in [2.45, 2.75) is 59.2 Å². The van der Waals surface area contributed by atoms with Crippen LogP contribution in [-0.4, -0.2) is 83.3 Å². The predicted octanol–water partition coefficient (Wildman–Crippen LogP) is 2.52. The summed E-state index contributed by atoms with van der Waals surface area (Å²) >= 11 is 0. The number of amides is 2. The molecule has 0 spiro atoms. The van der Waals surface area contributed by atoms with Crippen LogP contribution < -0.4 is 0 Å². The fraction of sp³-hybridized carbons (Fsp3) is 0.636. The lowest BCUT2D eigenvalue weighted by molar-refractivity contribution is -0.420. The first-order valence-corrected chi connectivity index (χ1v) is 12.8. The van der Waals surface area contributed by atoms with Crippen LogP contribution >= 0.6 is 0 Å². The first-order valence-electron chi connectivity index (χ1n) is 10.9. The summed E-state index contributed by atoms with van der Waals surface area (Å²) in [6, 6.07) is 0. The van der Waals surface area contributed by atoms with Crippen molar-refractivity contribution in [2.75, 3.05) is 32.4 Å². The average Bonchev–Trinajstić information content (AvgIpc) is 2.88. The van der Waals surface area contributed by atoms with Gasteiger partial charge < -0.3 is 14.4 Å². The van der Waals surface area contributed by atoms with Crippen molar-refractivity contribution in [1.82, 2.24) is 14.1 Å². The highest BCUT2D eigenvalue weighted by Crippen LogP contribution is 2.25. The molecule has 0 radical (unpaired) electrons. The Hall–Kier alpha value is -3.11. The van der Waals surface area contributed by atoms with E-state index in [4.69, 9.17) is 9.47 Å². The van der Waals surface area contributed by atoms with E-state index in [1.54, 1.807) is 46.4 Å². The van der Waals surface area contributed by atoms with Crippen molar-refractivity contribution in [1.29, 1.82) is 0 Å². The quantitative estimate of drug-likeness (QED) is 0.316. The summed E-state index contributed by atoms with van der Waals surface area (Å²) in [6.07, 6.45) is 0.139. The zero-order chi connectivity index (χ0) is 26.8. The molecule has 194 valence electrons. The maximum Gasteiger partial charge on any atom is 0.425 e. The molecule has 13 heteroatoms. The first-order chi connectivity index (χ1) is 15.9. The van der Waals surface area contributed by atoms with Crippen molar-refractivity contribution in [2.24, 2.45) is 0 Å². The molecular weight excluding hydrogens is 480 g/mol. The van der Waals surface area contributed by atoms with Gasteiger partial charge in [0, 0.05) is 44.4 Å². The fourth-order valence-electron chi connectivity index (χ4n) is 3.25. The van der Waals surface area contributed by atoms with E-state index in [1.165, 1.54) is 10.4 Å². The Morgan fingerprint density at radius 1 is 1.03 bits per heavy atom. The van der Waals surface area contributed by atoms with E-state index in [1.807, 2.05) is 0 Å². The molecule has 2 rings (SSSR count). The average molecular weight is 513 g/mol. The molecule has 1 heterocycles. The Bertz CT molecular complexity index is 1080. The SMILES string of the molecule is CC(C)(C)OC(=O)N(C(=O)OC(C)(C)C)C1=C([N+](=O)[O-])C=C(N2CCN(S(C)(=O)=O)CC2)CC#C1. The molecular formula is C22H32N4O8S. The lowest BCUT2D eigenvalue weighted by Crippen LogP contribution is -2.47. The number of allylic oxidation sites excluding steroid dienone is 3. The maximum atomic E-state index is 13.0. The Kier molecular flexibility index (Phi) is 8.24. The summed E-state index contributed by atoms with van der Waals surface area (Å²) in [5.74, 6) is 5.35. The number of hydrogen-bond donors (Lipinski definition) is 0. The smallest absolute Gasteiger partial charge is 0.425 e. The predicted molar refractivity (Wildman–Crippen MR) is 127 cm³/mol. The molecule has 1 saturated heterocycles. The molecule has 1 fully saturated rings. The summed E-state index contributed by atoms with van der Waals surface area (Å²) in [5, 5.41) is 12.0. The molecule has 2 amide bonds. The minimum Gasteiger partial charge on any atom is -0.443 e. The number of hydrogen-bond acceptors (Lipinski definition) is 9. The van der Waals surface area contributed by atoms with Gasteiger partial charge in [0.15, 0.2) is 5.70 Å². The largest absolute Gasteiger partial charge is 0.443 e. The van der Waals surface area contributed by atoms with Crippen molar-refractivity contribution < 1.29 is 32.4 Å². The van der Waals surface area contributed by atoms with E-state index in [2.05, 4.69) is 11.8 Å². The standard InChI is InChI=1S/C22H32N4O8S/c1-21(2,3)33-19(27)25(20(28)34-22(4,5)6)17-10-8-9-16(15-18(17)26(29)30)23-11-13-24(14-12-23)35(7,31)32/h15H,9,11-14H2,1-7H3. The Morgan fingerprint density at radius 2 is 1.51 bits per heavy atom. The third kappa shape index (κ3) is 7.97. The third-order valence-electron chi connectivity index (χ3n) is 4.71. The molecule has 0 aromatic rings. The number of nitro groups is 1. The molecule has 1 aliphatic heterocycles. The number of carbonyl (C=O) groups is 2. The molecule has 35 heavy (non-hydrogen) atoms. The van der Waals surface area contributed by atoms with Gasteiger partial charge in [0.2, 0.25) is 10.0 Å². The topological polar surface area (TPSA) is 140 Å². The molecule has 1 aliphatic carbocycles. The third-order valence-corrected chi connectivity index (χ3v) is 6.01. The van der Waals surface area contributed by atoms with E-state index in [0.717, 1.165) is 6.26 Å². The van der Waals surface area contributed by atoms with Gasteiger partial charge in [-0.25, -0.2) is 18.0 Å². The van der Waals surface area contributed by atoms with Crippen LogP contribution in [0.5, 0.6) is 0 Å². The number of piperazine rings is 1. The van der Waals surface area contributed by atoms with Crippen molar-refractivity contribution >= 4 is 22.2 Å². The summed E-state index contributed by atoms with van der Waals surface area (Å²) in [7, 11) is -3.35. The normalized spacial score (nSPS) is 17.6. The van der Waals surface area contributed by atoms with Gasteiger partial charge in [-0.15, -0.1) is 0 Å². The van der Waals surface area contributed by atoms with Crippen LogP contribution in [-0.2, 0) is 19.5 Å². The summed E-state index contributed by atoms with van der Waals surface area (Å²) in [5.41, 5.74) is -2.56. The number of sulfonamides is 1. The highest BCUT2D eigenvalue weighted by Gasteiger charge is 2.38. The Balaban J connectivity index is 2.51. The van der Waals surface area contributed by atoms with Gasteiger partial charge >= 0.3 is 17.9 Å². The second-order valence-corrected chi connectivity index (χ2v) is 12.0. The zero-order valence-electron chi connectivity index (χ0n) is 21.1. The maximum absolute atomic E-state index is 13.0. The number of ether oxygens (including phenoxy) is 2. The van der Waals surface area contributed by atoms with Gasteiger partial charge in [-0.2, -0.15) is 9.21 Å². The molecule has 0 aromatic carbocycles. The molecule has 12 nitrogen and oxygen atoms in total. The second-order valence-electron chi connectivity index (χ2n) is 10.1. The van der Waals surface area contributed by atoms with Gasteiger partial charge in [-0.05, 0) is 47.5 Å². The van der Waals surface area contributed by atoms with E-state index in [0.29, 0.717) is 23.7 Å². The van der Waals surface area contributed by atoms with Crippen LogP contribution in [0.15, 0.2) is 23.2 Å². The Labute approximate surface area is 205 Å². The van der Waals surface area contributed by atoms with Crippen LogP contribution in [0.3, 0.4) is 0 Å². The highest BCUT2D eigenvalue weighted by molar-refractivity contribution is 7.88. The lowest BCUT2D eigenvalue weighted by atomic mass is 10.2. The highest BCUT2D eigenvalue weighted by atomic mass is 32.2. The van der Waals surface area contributed by atoms with Gasteiger partial charge in [0.1, 0.15) is 11.2 Å². The molecule has 0 bridgehead atoms. The van der Waals surface area contributed by atoms with Gasteiger partial charge in [0.25, 0.3) is 0 Å². The molecule has 0 saturated carbocycles. The first kappa shape index (κ1) is 28.1. The minimum atomic E-state index is -3.35. The molecule has 0 unspecified atom stereocenters. The number of carbonyl (C=O) groups excluding carboxylic acids is 2.